The summed E-state index contributed by atoms with van der Waals surface area (Å²) in [6.07, 6.45) is -0.709. The van der Waals surface area contributed by atoms with Crippen molar-refractivity contribution in [3.8, 4) is 11.1 Å². The topological polar surface area (TPSA) is 95.9 Å². The van der Waals surface area contributed by atoms with Crippen molar-refractivity contribution in [2.24, 2.45) is 5.92 Å². The second-order valence-electron chi connectivity index (χ2n) is 9.27. The van der Waals surface area contributed by atoms with Gasteiger partial charge in [-0.15, -0.1) is 0 Å². The lowest BCUT2D eigenvalue weighted by Crippen LogP contribution is -2.52. The smallest absolute Gasteiger partial charge is 0.407 e. The van der Waals surface area contributed by atoms with Crippen LogP contribution in [-0.2, 0) is 20.9 Å². The zero-order chi connectivity index (χ0) is 25.7. The molecule has 0 saturated carbocycles. The zero-order valence-electron chi connectivity index (χ0n) is 20.4. The van der Waals surface area contributed by atoms with Gasteiger partial charge < -0.3 is 20.1 Å². The lowest BCUT2D eigenvalue weighted by molar-refractivity contribution is -0.146. The summed E-state index contributed by atoms with van der Waals surface area (Å²) in [5, 5.41) is 12.1. The monoisotopic (exact) mass is 486 g/mol. The van der Waals surface area contributed by atoms with E-state index in [1.165, 1.54) is 4.90 Å². The number of carbonyl (C=O) groups is 3. The Bertz CT molecular complexity index is 1200. The van der Waals surface area contributed by atoms with E-state index >= 15 is 0 Å². The number of hydrogen-bond acceptors (Lipinski definition) is 4. The molecule has 3 aromatic rings. The van der Waals surface area contributed by atoms with Gasteiger partial charge in [-0.1, -0.05) is 92.7 Å². The molecule has 0 spiro atoms. The maximum Gasteiger partial charge on any atom is 0.407 e. The highest BCUT2D eigenvalue weighted by molar-refractivity contribution is 5.88. The first kappa shape index (κ1) is 25.0. The molecule has 0 aliphatic heterocycles. The molecule has 0 radical (unpaired) electrons. The highest BCUT2D eigenvalue weighted by Gasteiger charge is 2.32. The minimum atomic E-state index is -1.12. The Morgan fingerprint density at radius 1 is 0.889 bits per heavy atom. The Morgan fingerprint density at radius 2 is 1.44 bits per heavy atom. The van der Waals surface area contributed by atoms with Gasteiger partial charge in [-0.25, -0.2) is 4.79 Å². The maximum absolute atomic E-state index is 13.3. The van der Waals surface area contributed by atoms with Gasteiger partial charge in [0.2, 0.25) is 5.91 Å². The van der Waals surface area contributed by atoms with Crippen LogP contribution in [0.4, 0.5) is 4.79 Å². The number of nitrogens with one attached hydrogen (secondary N) is 1. The third-order valence-corrected chi connectivity index (χ3v) is 6.40. The first-order chi connectivity index (χ1) is 17.3. The average Bonchev–Trinajstić information content (AvgIpc) is 3.19. The van der Waals surface area contributed by atoms with Gasteiger partial charge in [-0.2, -0.15) is 0 Å². The molecular formula is C29H30N2O5. The average molecular weight is 487 g/mol. The normalized spacial score (nSPS) is 13.0. The molecule has 1 aliphatic carbocycles. The fourth-order valence-corrected chi connectivity index (χ4v) is 4.66. The molecule has 7 heteroatoms. The van der Waals surface area contributed by atoms with Gasteiger partial charge in [0, 0.05) is 12.5 Å². The van der Waals surface area contributed by atoms with Crippen LogP contribution >= 0.6 is 0 Å². The van der Waals surface area contributed by atoms with Crippen LogP contribution < -0.4 is 5.32 Å². The van der Waals surface area contributed by atoms with Gasteiger partial charge >= 0.3 is 12.1 Å². The van der Waals surface area contributed by atoms with E-state index in [-0.39, 0.29) is 25.0 Å². The third-order valence-electron chi connectivity index (χ3n) is 6.40. The van der Waals surface area contributed by atoms with Crippen LogP contribution in [-0.4, -0.2) is 47.2 Å². The van der Waals surface area contributed by atoms with E-state index < -0.39 is 30.6 Å². The molecular weight excluding hydrogens is 456 g/mol. The Hall–Kier alpha value is -4.13. The van der Waals surface area contributed by atoms with E-state index in [2.05, 4.69) is 17.4 Å². The number of rotatable bonds is 9. The number of hydrogen-bond donors (Lipinski definition) is 2. The molecule has 0 unspecified atom stereocenters. The summed E-state index contributed by atoms with van der Waals surface area (Å²) in [6.45, 7) is 3.38. The first-order valence-corrected chi connectivity index (χ1v) is 12.0. The SMILES string of the molecule is CC(C)[C@@H](NC(=O)OCC1c2ccccc2-c2ccccc21)C(=O)N(CC(=O)O)Cc1ccccc1. The van der Waals surface area contributed by atoms with Gasteiger partial charge in [-0.3, -0.25) is 9.59 Å². The van der Waals surface area contributed by atoms with E-state index in [0.29, 0.717) is 0 Å². The molecule has 0 aromatic heterocycles. The fraction of sp³-hybridized carbons (Fsp3) is 0.276. The van der Waals surface area contributed by atoms with Gasteiger partial charge in [0.25, 0.3) is 0 Å². The van der Waals surface area contributed by atoms with E-state index in [1.54, 1.807) is 13.8 Å². The number of aliphatic carboxylic acids is 1. The minimum Gasteiger partial charge on any atom is -0.480 e. The van der Waals surface area contributed by atoms with Crippen molar-refractivity contribution in [2.45, 2.75) is 32.4 Å². The Kier molecular flexibility index (Phi) is 7.68. The van der Waals surface area contributed by atoms with Crippen LogP contribution in [0, 0.1) is 5.92 Å². The lowest BCUT2D eigenvalue weighted by Gasteiger charge is -2.29. The Balaban J connectivity index is 1.45. The number of carboxylic acid groups (broad SMARTS) is 1. The highest BCUT2D eigenvalue weighted by atomic mass is 16.5. The highest BCUT2D eigenvalue weighted by Crippen LogP contribution is 2.44. The molecule has 0 heterocycles. The summed E-state index contributed by atoms with van der Waals surface area (Å²) < 4.78 is 5.61. The summed E-state index contributed by atoms with van der Waals surface area (Å²) in [6, 6.07) is 24.3. The van der Waals surface area contributed by atoms with Gasteiger partial charge in [0.15, 0.2) is 0 Å². The van der Waals surface area contributed by atoms with E-state index in [9.17, 15) is 19.5 Å². The number of fused-ring (bicyclic) bond motifs is 3. The molecule has 1 aliphatic rings. The summed E-state index contributed by atoms with van der Waals surface area (Å²) >= 11 is 0. The molecule has 3 aromatic carbocycles. The summed E-state index contributed by atoms with van der Waals surface area (Å²) in [5.74, 6) is -1.96. The predicted octanol–water partition coefficient (Wildman–Crippen LogP) is 4.66. The van der Waals surface area contributed by atoms with Crippen molar-refractivity contribution in [3.63, 3.8) is 0 Å². The van der Waals surface area contributed by atoms with Crippen LogP contribution in [0.3, 0.4) is 0 Å². The van der Waals surface area contributed by atoms with Gasteiger partial charge in [0.1, 0.15) is 19.2 Å². The van der Waals surface area contributed by atoms with Crippen LogP contribution in [0.15, 0.2) is 78.9 Å². The standard InChI is InChI=1S/C29H30N2O5/c1-19(2)27(28(34)31(17-26(32)33)16-20-10-4-3-5-11-20)30-29(35)36-18-25-23-14-8-6-12-21(23)22-13-7-9-15-24(22)25/h3-15,19,25,27H,16-18H2,1-2H3,(H,30,35)(H,32,33)/t27-/m1/s1. The van der Waals surface area contributed by atoms with Gasteiger partial charge in [0.05, 0.1) is 0 Å². The molecule has 0 fully saturated rings. The van der Waals surface area contributed by atoms with Crippen molar-refractivity contribution in [2.75, 3.05) is 13.2 Å². The van der Waals surface area contributed by atoms with Crippen LogP contribution in [0.1, 0.15) is 36.5 Å². The van der Waals surface area contributed by atoms with Crippen molar-refractivity contribution >= 4 is 18.0 Å². The first-order valence-electron chi connectivity index (χ1n) is 12.0. The minimum absolute atomic E-state index is 0.0991. The number of nitrogens with zero attached hydrogens (tertiary/aromatic N) is 1. The number of ether oxygens (including phenoxy) is 1. The number of carbonyl (C=O) groups excluding carboxylic acids is 2. The fourth-order valence-electron chi connectivity index (χ4n) is 4.66. The Morgan fingerprint density at radius 3 is 2.00 bits per heavy atom. The maximum atomic E-state index is 13.3. The third kappa shape index (κ3) is 5.57. The summed E-state index contributed by atoms with van der Waals surface area (Å²) in [5.41, 5.74) is 5.25. The quantitative estimate of drug-likeness (QED) is 0.459. The zero-order valence-corrected chi connectivity index (χ0v) is 20.4. The second-order valence-corrected chi connectivity index (χ2v) is 9.27. The molecule has 36 heavy (non-hydrogen) atoms. The number of benzene rings is 3. The van der Waals surface area contributed by atoms with Crippen LogP contribution in [0.5, 0.6) is 0 Å². The summed E-state index contributed by atoms with van der Waals surface area (Å²) in [7, 11) is 0. The molecule has 0 bridgehead atoms. The van der Waals surface area contributed by atoms with E-state index in [1.807, 2.05) is 66.7 Å². The van der Waals surface area contributed by atoms with E-state index in [4.69, 9.17) is 4.74 Å². The molecule has 1 atom stereocenters. The summed E-state index contributed by atoms with van der Waals surface area (Å²) in [4.78, 5) is 38.9. The molecule has 7 nitrogen and oxygen atoms in total. The van der Waals surface area contributed by atoms with Crippen molar-refractivity contribution in [3.05, 3.63) is 95.6 Å². The Labute approximate surface area is 210 Å². The predicted molar refractivity (Wildman–Crippen MR) is 136 cm³/mol. The number of carboxylic acids is 1. The number of alkyl carbamates (subject to hydrolysis) is 1. The molecule has 2 amide bonds. The van der Waals surface area contributed by atoms with Gasteiger partial charge in [-0.05, 0) is 33.7 Å². The van der Waals surface area contributed by atoms with Crippen LogP contribution in [0.25, 0.3) is 11.1 Å². The molecule has 4 rings (SSSR count). The molecule has 186 valence electrons. The van der Waals surface area contributed by atoms with Crippen molar-refractivity contribution < 1.29 is 24.2 Å². The molecule has 0 saturated heterocycles. The number of amides is 2. The van der Waals surface area contributed by atoms with Crippen LogP contribution in [0.2, 0.25) is 0 Å². The van der Waals surface area contributed by atoms with Crippen molar-refractivity contribution in [1.82, 2.24) is 10.2 Å². The largest absolute Gasteiger partial charge is 0.480 e. The second kappa shape index (κ2) is 11.1. The molecule has 2 N–H and O–H groups in total. The van der Waals surface area contributed by atoms with E-state index in [0.717, 1.165) is 27.8 Å². The lowest BCUT2D eigenvalue weighted by atomic mass is 9.98. The van der Waals surface area contributed by atoms with Crippen molar-refractivity contribution in [1.29, 1.82) is 0 Å².